The first kappa shape index (κ1) is 16.4. The number of halogens is 1. The summed E-state index contributed by atoms with van der Waals surface area (Å²) in [5.41, 5.74) is 0. The number of nitrogens with one attached hydrogen (secondary N) is 1. The third kappa shape index (κ3) is 3.24. The molecule has 1 amide bonds. The van der Waals surface area contributed by atoms with Crippen molar-refractivity contribution in [3.05, 3.63) is 39.2 Å². The summed E-state index contributed by atoms with van der Waals surface area (Å²) in [5, 5.41) is 14.0. The molecule has 2 heterocycles. The van der Waals surface area contributed by atoms with Crippen molar-refractivity contribution in [2.45, 2.75) is 32.6 Å². The summed E-state index contributed by atoms with van der Waals surface area (Å²) in [6.45, 7) is 4.26. The summed E-state index contributed by atoms with van der Waals surface area (Å²) >= 11 is 9.15. The quantitative estimate of drug-likeness (QED) is 0.643. The van der Waals surface area contributed by atoms with Crippen LogP contribution >= 0.6 is 34.3 Å². The van der Waals surface area contributed by atoms with E-state index >= 15 is 0 Å². The van der Waals surface area contributed by atoms with Crippen molar-refractivity contribution in [3.8, 4) is 0 Å². The van der Waals surface area contributed by atoms with Crippen molar-refractivity contribution in [1.29, 1.82) is 0 Å². The van der Waals surface area contributed by atoms with Gasteiger partial charge in [0.1, 0.15) is 9.88 Å². The van der Waals surface area contributed by atoms with E-state index in [1.54, 1.807) is 0 Å². The maximum atomic E-state index is 12.5. The lowest BCUT2D eigenvalue weighted by Gasteiger charge is -2.05. The molecule has 7 heteroatoms. The third-order valence-electron chi connectivity index (χ3n) is 3.74. The van der Waals surface area contributed by atoms with Gasteiger partial charge in [-0.3, -0.25) is 10.1 Å². The van der Waals surface area contributed by atoms with Gasteiger partial charge in [0.2, 0.25) is 5.13 Å². The van der Waals surface area contributed by atoms with E-state index in [0.29, 0.717) is 20.9 Å². The number of amides is 1. The van der Waals surface area contributed by atoms with Crippen molar-refractivity contribution in [1.82, 2.24) is 10.2 Å². The van der Waals surface area contributed by atoms with Gasteiger partial charge in [0, 0.05) is 16.0 Å². The number of hydrogen-bond donors (Lipinski definition) is 1. The largest absolute Gasteiger partial charge is 0.296 e. The number of fused-ring (bicyclic) bond motifs is 1. The highest BCUT2D eigenvalue weighted by atomic mass is 35.5. The molecule has 0 aliphatic rings. The highest BCUT2D eigenvalue weighted by molar-refractivity contribution is 7.22. The molecule has 0 saturated carbocycles. The van der Waals surface area contributed by atoms with Crippen LogP contribution < -0.4 is 5.32 Å². The number of carbonyl (C=O) groups is 1. The molecule has 0 aliphatic heterocycles. The second kappa shape index (κ2) is 6.95. The smallest absolute Gasteiger partial charge is 0.269 e. The van der Waals surface area contributed by atoms with Crippen LogP contribution in [0.2, 0.25) is 5.02 Å². The third-order valence-corrected chi connectivity index (χ3v) is 6.41. The molecule has 0 fully saturated rings. The summed E-state index contributed by atoms with van der Waals surface area (Å²) < 4.78 is 0.998. The standard InChI is InChI=1S/C16H16ClN3OS2/c1-3-9(4-2)15-19-20-16(23-15)18-14(21)13-12(17)10-7-5-6-8-11(10)22-13/h5-9H,3-4H2,1-2H3,(H,18,20,21). The van der Waals surface area contributed by atoms with Crippen LogP contribution in [0.15, 0.2) is 24.3 Å². The van der Waals surface area contributed by atoms with Crippen molar-refractivity contribution in [2.24, 2.45) is 0 Å². The molecular formula is C16H16ClN3OS2. The molecule has 4 nitrogen and oxygen atoms in total. The first-order chi connectivity index (χ1) is 11.1. The van der Waals surface area contributed by atoms with Gasteiger partial charge in [0.25, 0.3) is 5.91 Å². The van der Waals surface area contributed by atoms with Crippen LogP contribution in [0.5, 0.6) is 0 Å². The number of anilines is 1. The normalized spacial score (nSPS) is 11.3. The van der Waals surface area contributed by atoms with Gasteiger partial charge in [-0.1, -0.05) is 55.0 Å². The van der Waals surface area contributed by atoms with E-state index < -0.39 is 0 Å². The molecule has 2 aromatic heterocycles. The molecule has 0 aliphatic carbocycles. The molecule has 23 heavy (non-hydrogen) atoms. The fourth-order valence-corrected chi connectivity index (χ4v) is 4.82. The SMILES string of the molecule is CCC(CC)c1nnc(NC(=O)c2sc3ccccc3c2Cl)s1. The van der Waals surface area contributed by atoms with Crippen LogP contribution in [0, 0.1) is 0 Å². The maximum Gasteiger partial charge on any atom is 0.269 e. The van der Waals surface area contributed by atoms with Crippen molar-refractivity contribution in [2.75, 3.05) is 5.32 Å². The van der Waals surface area contributed by atoms with Crippen LogP contribution in [-0.4, -0.2) is 16.1 Å². The molecule has 0 bridgehead atoms. The van der Waals surface area contributed by atoms with Crippen LogP contribution in [0.4, 0.5) is 5.13 Å². The van der Waals surface area contributed by atoms with E-state index in [4.69, 9.17) is 11.6 Å². The molecule has 1 aromatic carbocycles. The fourth-order valence-electron chi connectivity index (χ4n) is 2.40. The average molecular weight is 366 g/mol. The number of hydrogen-bond acceptors (Lipinski definition) is 5. The second-order valence-corrected chi connectivity index (χ2v) is 7.59. The molecule has 3 rings (SSSR count). The molecule has 1 N–H and O–H groups in total. The Morgan fingerprint density at radius 3 is 2.65 bits per heavy atom. The second-order valence-electron chi connectivity index (χ2n) is 5.15. The van der Waals surface area contributed by atoms with Crippen molar-refractivity contribution < 1.29 is 4.79 Å². The van der Waals surface area contributed by atoms with Gasteiger partial charge in [0.05, 0.1) is 5.02 Å². The first-order valence-corrected chi connectivity index (χ1v) is 9.46. The average Bonchev–Trinajstić information content (AvgIpc) is 3.14. The monoisotopic (exact) mass is 365 g/mol. The van der Waals surface area contributed by atoms with Gasteiger partial charge in [-0.05, 0) is 18.9 Å². The maximum absolute atomic E-state index is 12.5. The van der Waals surface area contributed by atoms with Gasteiger partial charge in [-0.25, -0.2) is 0 Å². The summed E-state index contributed by atoms with van der Waals surface area (Å²) in [6, 6.07) is 7.72. The Kier molecular flexibility index (Phi) is 4.94. The molecule has 0 saturated heterocycles. The zero-order valence-corrected chi connectivity index (χ0v) is 15.2. The summed E-state index contributed by atoms with van der Waals surface area (Å²) in [6.07, 6.45) is 2.03. The van der Waals surface area contributed by atoms with E-state index in [1.807, 2.05) is 24.3 Å². The number of nitrogens with zero attached hydrogens (tertiary/aromatic N) is 2. The molecule has 120 valence electrons. The van der Waals surface area contributed by atoms with Gasteiger partial charge >= 0.3 is 0 Å². The van der Waals surface area contributed by atoms with Crippen LogP contribution in [0.25, 0.3) is 10.1 Å². The van der Waals surface area contributed by atoms with E-state index in [2.05, 4.69) is 29.4 Å². The fraction of sp³-hybridized carbons (Fsp3) is 0.312. The number of aromatic nitrogens is 2. The zero-order valence-electron chi connectivity index (χ0n) is 12.8. The Morgan fingerprint density at radius 2 is 1.96 bits per heavy atom. The number of carbonyl (C=O) groups excluding carboxylic acids is 1. The Morgan fingerprint density at radius 1 is 1.22 bits per heavy atom. The summed E-state index contributed by atoms with van der Waals surface area (Å²) in [5.74, 6) is 0.162. The lowest BCUT2D eigenvalue weighted by atomic mass is 10.1. The number of thiophene rings is 1. The highest BCUT2D eigenvalue weighted by Gasteiger charge is 2.19. The molecule has 0 unspecified atom stereocenters. The summed E-state index contributed by atoms with van der Waals surface area (Å²) in [7, 11) is 0. The van der Waals surface area contributed by atoms with Crippen molar-refractivity contribution in [3.63, 3.8) is 0 Å². The van der Waals surface area contributed by atoms with E-state index in [1.165, 1.54) is 22.7 Å². The Balaban J connectivity index is 1.82. The van der Waals surface area contributed by atoms with Gasteiger partial charge < -0.3 is 0 Å². The van der Waals surface area contributed by atoms with Crippen LogP contribution in [0.3, 0.4) is 0 Å². The Bertz CT molecular complexity index is 839. The minimum absolute atomic E-state index is 0.233. The topological polar surface area (TPSA) is 54.9 Å². The lowest BCUT2D eigenvalue weighted by molar-refractivity contribution is 0.103. The Hall–Kier alpha value is -1.50. The molecule has 0 atom stereocenters. The van der Waals surface area contributed by atoms with Gasteiger partial charge in [-0.15, -0.1) is 21.5 Å². The predicted molar refractivity (Wildman–Crippen MR) is 98.0 cm³/mol. The Labute approximate surface area is 147 Å². The molecule has 3 aromatic rings. The number of rotatable bonds is 5. The minimum Gasteiger partial charge on any atom is -0.296 e. The minimum atomic E-state index is -0.233. The first-order valence-electron chi connectivity index (χ1n) is 7.45. The van der Waals surface area contributed by atoms with Crippen molar-refractivity contribution >= 4 is 55.4 Å². The van der Waals surface area contributed by atoms with Crippen LogP contribution in [-0.2, 0) is 0 Å². The molecular weight excluding hydrogens is 350 g/mol. The van der Waals surface area contributed by atoms with Crippen LogP contribution in [0.1, 0.15) is 47.3 Å². The highest BCUT2D eigenvalue weighted by Crippen LogP contribution is 2.36. The van der Waals surface area contributed by atoms with E-state index in [9.17, 15) is 4.79 Å². The molecule has 0 spiro atoms. The van der Waals surface area contributed by atoms with E-state index in [-0.39, 0.29) is 5.91 Å². The molecule has 0 radical (unpaired) electrons. The number of benzene rings is 1. The zero-order chi connectivity index (χ0) is 16.4. The lowest BCUT2D eigenvalue weighted by Crippen LogP contribution is -2.10. The van der Waals surface area contributed by atoms with E-state index in [0.717, 1.165) is 27.9 Å². The predicted octanol–water partition coefficient (Wildman–Crippen LogP) is 5.56. The van der Waals surface area contributed by atoms with Gasteiger partial charge in [-0.2, -0.15) is 0 Å². The summed E-state index contributed by atoms with van der Waals surface area (Å²) in [4.78, 5) is 13.0. The van der Waals surface area contributed by atoms with Gasteiger partial charge in [0.15, 0.2) is 0 Å².